The Labute approximate surface area is 173 Å². The number of nitrogens with two attached hydrogens (primary N) is 2. The van der Waals surface area contributed by atoms with E-state index in [2.05, 4.69) is 34.8 Å². The number of likely N-dealkylation sites (N-methyl/N-ethyl adjacent to an activating group) is 1. The molecule has 0 spiro atoms. The predicted molar refractivity (Wildman–Crippen MR) is 115 cm³/mol. The van der Waals surface area contributed by atoms with E-state index >= 15 is 0 Å². The first-order valence-electron chi connectivity index (χ1n) is 9.74. The molecule has 2 radical (unpaired) electrons. The summed E-state index contributed by atoms with van der Waals surface area (Å²) in [5.74, 6) is 0.887. The van der Waals surface area contributed by atoms with E-state index in [1.54, 1.807) is 6.26 Å². The number of hydrogen-bond acceptors (Lipinski definition) is 9. The van der Waals surface area contributed by atoms with Gasteiger partial charge in [0.05, 0.1) is 17.8 Å². The van der Waals surface area contributed by atoms with Crippen molar-refractivity contribution in [1.82, 2.24) is 25.7 Å². The maximum atomic E-state index is 6.39. The summed E-state index contributed by atoms with van der Waals surface area (Å²) in [5.41, 5.74) is 14.8. The quantitative estimate of drug-likeness (QED) is 0.317. The van der Waals surface area contributed by atoms with Gasteiger partial charge < -0.3 is 26.0 Å². The lowest BCUT2D eigenvalue weighted by Crippen LogP contribution is -2.59. The van der Waals surface area contributed by atoms with Gasteiger partial charge in [-0.1, -0.05) is 0 Å². The molecule has 0 fully saturated rings. The summed E-state index contributed by atoms with van der Waals surface area (Å²) in [7, 11) is 10.0. The van der Waals surface area contributed by atoms with Crippen LogP contribution in [-0.4, -0.2) is 68.0 Å². The fourth-order valence-corrected chi connectivity index (χ4v) is 4.50. The van der Waals surface area contributed by atoms with Crippen LogP contribution in [0.2, 0.25) is 0 Å². The summed E-state index contributed by atoms with van der Waals surface area (Å²) in [6.07, 6.45) is 3.47. The zero-order valence-corrected chi connectivity index (χ0v) is 17.7. The Hall–Kier alpha value is -1.01. The van der Waals surface area contributed by atoms with Crippen LogP contribution in [0.15, 0.2) is 34.1 Å². The molecular weight excluding hydrogens is 373 g/mol. The van der Waals surface area contributed by atoms with Crippen molar-refractivity contribution in [2.24, 2.45) is 11.5 Å². The SMILES string of the molecule is [B]N1CCC2=C(CC1)C(NC(C)C(N)SC(N)NC)N(C)C(c1ccco1)N2. The lowest BCUT2D eigenvalue weighted by atomic mass is 10.00. The Kier molecular flexibility index (Phi) is 7.49. The van der Waals surface area contributed by atoms with Crippen molar-refractivity contribution in [2.45, 2.75) is 49.0 Å². The number of thioether (sulfide) groups is 1. The molecule has 7 N–H and O–H groups in total. The van der Waals surface area contributed by atoms with E-state index in [9.17, 15) is 0 Å². The zero-order chi connectivity index (χ0) is 20.3. The molecule has 8 nitrogen and oxygen atoms in total. The Bertz CT molecular complexity index is 658. The number of rotatable bonds is 7. The standard InChI is InChI=1S/C18H32BN7OS/c1-11(15(20)28-18(21)22-2)23-16-12-6-8-26(19)9-7-13(12)24-17(25(16)3)14-5-4-10-27-14/h4-5,10-11,15-18,22-24H,6-9,20-21H2,1-3H3. The van der Waals surface area contributed by atoms with Gasteiger partial charge in [0.15, 0.2) is 7.98 Å². The fourth-order valence-electron chi connectivity index (χ4n) is 3.71. The lowest BCUT2D eigenvalue weighted by molar-refractivity contribution is 0.104. The molecule has 0 amide bonds. The van der Waals surface area contributed by atoms with Crippen LogP contribution in [0.1, 0.15) is 31.7 Å². The molecule has 154 valence electrons. The van der Waals surface area contributed by atoms with E-state index in [0.29, 0.717) is 0 Å². The van der Waals surface area contributed by atoms with E-state index in [-0.39, 0.29) is 29.2 Å². The molecule has 0 aromatic carbocycles. The van der Waals surface area contributed by atoms with Gasteiger partial charge in [0.1, 0.15) is 17.4 Å². The molecule has 1 aromatic heterocycles. The molecule has 0 aliphatic carbocycles. The Balaban J connectivity index is 1.82. The molecule has 0 saturated heterocycles. The van der Waals surface area contributed by atoms with Gasteiger partial charge in [-0.25, -0.2) is 0 Å². The average molecular weight is 405 g/mol. The number of nitrogens with one attached hydrogen (secondary N) is 3. The average Bonchev–Trinajstić information content (AvgIpc) is 3.14. The largest absolute Gasteiger partial charge is 0.466 e. The monoisotopic (exact) mass is 405 g/mol. The van der Waals surface area contributed by atoms with Crippen molar-refractivity contribution in [2.75, 3.05) is 27.2 Å². The third-order valence-electron chi connectivity index (χ3n) is 5.48. The first-order chi connectivity index (χ1) is 13.4. The minimum Gasteiger partial charge on any atom is -0.466 e. The topological polar surface area (TPSA) is 108 Å². The van der Waals surface area contributed by atoms with E-state index in [1.165, 1.54) is 23.0 Å². The van der Waals surface area contributed by atoms with Gasteiger partial charge in [0.2, 0.25) is 0 Å². The molecule has 28 heavy (non-hydrogen) atoms. The summed E-state index contributed by atoms with van der Waals surface area (Å²) < 4.78 is 5.70. The van der Waals surface area contributed by atoms with E-state index in [4.69, 9.17) is 23.9 Å². The molecule has 0 saturated carbocycles. The molecule has 5 atom stereocenters. The Morgan fingerprint density at radius 1 is 1.36 bits per heavy atom. The second-order valence-corrected chi connectivity index (χ2v) is 8.76. The van der Waals surface area contributed by atoms with Crippen molar-refractivity contribution in [1.29, 1.82) is 0 Å². The Morgan fingerprint density at radius 3 is 2.79 bits per heavy atom. The third kappa shape index (κ3) is 4.94. The fraction of sp³-hybridized carbons (Fsp3) is 0.667. The van der Waals surface area contributed by atoms with Crippen LogP contribution in [0, 0.1) is 0 Å². The molecular formula is C18H32BN7OS. The summed E-state index contributed by atoms with van der Waals surface area (Å²) >= 11 is 1.51. The first-order valence-corrected chi connectivity index (χ1v) is 10.7. The van der Waals surface area contributed by atoms with Crippen molar-refractivity contribution in [3.63, 3.8) is 0 Å². The highest BCUT2D eigenvalue weighted by Crippen LogP contribution is 2.33. The molecule has 5 unspecified atom stereocenters. The van der Waals surface area contributed by atoms with Gasteiger partial charge in [-0.15, -0.1) is 11.8 Å². The van der Waals surface area contributed by atoms with Crippen LogP contribution < -0.4 is 27.4 Å². The molecule has 10 heteroatoms. The summed E-state index contributed by atoms with van der Waals surface area (Å²) in [4.78, 5) is 4.14. The second kappa shape index (κ2) is 9.66. The van der Waals surface area contributed by atoms with Crippen LogP contribution in [0.5, 0.6) is 0 Å². The van der Waals surface area contributed by atoms with Crippen LogP contribution in [-0.2, 0) is 0 Å². The molecule has 1 aromatic rings. The van der Waals surface area contributed by atoms with Crippen molar-refractivity contribution >= 4 is 19.7 Å². The highest BCUT2D eigenvalue weighted by Gasteiger charge is 2.37. The highest BCUT2D eigenvalue weighted by molar-refractivity contribution is 8.00. The van der Waals surface area contributed by atoms with Gasteiger partial charge in [-0.2, -0.15) is 0 Å². The zero-order valence-electron chi connectivity index (χ0n) is 16.9. The van der Waals surface area contributed by atoms with Gasteiger partial charge in [0, 0.05) is 11.7 Å². The van der Waals surface area contributed by atoms with Crippen LogP contribution >= 0.6 is 11.8 Å². The smallest absolute Gasteiger partial charge is 0.182 e. The maximum Gasteiger partial charge on any atom is 0.182 e. The van der Waals surface area contributed by atoms with Gasteiger partial charge in [-0.05, 0) is 64.7 Å². The van der Waals surface area contributed by atoms with Crippen LogP contribution in [0.4, 0.5) is 0 Å². The van der Waals surface area contributed by atoms with Crippen molar-refractivity contribution in [3.8, 4) is 0 Å². The summed E-state index contributed by atoms with van der Waals surface area (Å²) in [6, 6.07) is 3.97. The van der Waals surface area contributed by atoms with E-state index in [1.807, 2.05) is 24.0 Å². The Morgan fingerprint density at radius 2 is 2.11 bits per heavy atom. The molecule has 2 aliphatic heterocycles. The number of hydrogen-bond donors (Lipinski definition) is 5. The summed E-state index contributed by atoms with van der Waals surface area (Å²) in [5, 5.41) is 10.3. The third-order valence-corrected chi connectivity index (χ3v) is 6.73. The maximum absolute atomic E-state index is 6.39. The van der Waals surface area contributed by atoms with E-state index < -0.39 is 0 Å². The van der Waals surface area contributed by atoms with Crippen LogP contribution in [0.25, 0.3) is 0 Å². The second-order valence-electron chi connectivity index (χ2n) is 7.44. The van der Waals surface area contributed by atoms with Gasteiger partial charge in [0.25, 0.3) is 0 Å². The van der Waals surface area contributed by atoms with Crippen molar-refractivity contribution < 1.29 is 4.42 Å². The lowest BCUT2D eigenvalue weighted by Gasteiger charge is -2.44. The van der Waals surface area contributed by atoms with Crippen molar-refractivity contribution in [3.05, 3.63) is 35.4 Å². The summed E-state index contributed by atoms with van der Waals surface area (Å²) in [6.45, 7) is 3.76. The molecule has 3 rings (SSSR count). The van der Waals surface area contributed by atoms with Crippen LogP contribution in [0.3, 0.4) is 0 Å². The molecule has 3 heterocycles. The molecule has 0 bridgehead atoms. The predicted octanol–water partition coefficient (Wildman–Crippen LogP) is 0.0305. The minimum atomic E-state index is -0.195. The minimum absolute atomic E-state index is 0.0327. The number of furan rings is 1. The first kappa shape index (κ1) is 21.7. The normalized spacial score (nSPS) is 27.6. The number of nitrogens with zero attached hydrogens (tertiary/aromatic N) is 2. The molecule has 2 aliphatic rings. The van der Waals surface area contributed by atoms with Gasteiger partial charge >= 0.3 is 0 Å². The highest BCUT2D eigenvalue weighted by atomic mass is 32.2. The van der Waals surface area contributed by atoms with Gasteiger partial charge in [-0.3, -0.25) is 15.5 Å². The van der Waals surface area contributed by atoms with E-state index in [0.717, 1.165) is 31.7 Å².